The van der Waals surface area contributed by atoms with Crippen LogP contribution in [-0.4, -0.2) is 16.4 Å². The van der Waals surface area contributed by atoms with Gasteiger partial charge in [0.1, 0.15) is 0 Å². The lowest BCUT2D eigenvalue weighted by molar-refractivity contribution is -0.384. The van der Waals surface area contributed by atoms with E-state index in [2.05, 4.69) is 13.8 Å². The standard InChI is InChI=1S/C18H20N2O3/c1-11(2)16-10-14(12-5-3-6-13(9-12)20(22)23)18-15(19-16)7-4-8-17(18)21/h3,5-6,9,11,14H,4,7-8,10H2,1-2H3. The predicted octanol–water partition coefficient (Wildman–Crippen LogP) is 4.19. The summed E-state index contributed by atoms with van der Waals surface area (Å²) in [5.74, 6) is 0.351. The summed E-state index contributed by atoms with van der Waals surface area (Å²) in [6, 6.07) is 6.66. The van der Waals surface area contributed by atoms with Crippen LogP contribution in [0.3, 0.4) is 0 Å². The van der Waals surface area contributed by atoms with E-state index in [9.17, 15) is 14.9 Å². The molecule has 0 amide bonds. The molecule has 23 heavy (non-hydrogen) atoms. The summed E-state index contributed by atoms with van der Waals surface area (Å²) in [6.07, 6.45) is 2.89. The van der Waals surface area contributed by atoms with Crippen LogP contribution in [0.25, 0.3) is 0 Å². The van der Waals surface area contributed by atoms with E-state index in [-0.39, 0.29) is 22.3 Å². The molecular weight excluding hydrogens is 292 g/mol. The number of hydrogen-bond acceptors (Lipinski definition) is 4. The Morgan fingerprint density at radius 2 is 2.09 bits per heavy atom. The van der Waals surface area contributed by atoms with Crippen LogP contribution in [-0.2, 0) is 4.79 Å². The number of nitrogens with zero attached hydrogens (tertiary/aromatic N) is 2. The first-order valence-electron chi connectivity index (χ1n) is 8.05. The van der Waals surface area contributed by atoms with Crippen LogP contribution in [0.15, 0.2) is 40.5 Å². The number of allylic oxidation sites excluding steroid dienone is 2. The lowest BCUT2D eigenvalue weighted by atomic mass is 9.76. The Morgan fingerprint density at radius 3 is 2.78 bits per heavy atom. The normalized spacial score (nSPS) is 21.3. The van der Waals surface area contributed by atoms with Crippen molar-refractivity contribution in [1.29, 1.82) is 0 Å². The van der Waals surface area contributed by atoms with Crippen LogP contribution in [0.2, 0.25) is 0 Å². The average molecular weight is 312 g/mol. The molecule has 0 N–H and O–H groups in total. The van der Waals surface area contributed by atoms with Crippen molar-refractivity contribution in [3.05, 3.63) is 51.2 Å². The molecule has 1 aromatic rings. The molecule has 0 saturated heterocycles. The van der Waals surface area contributed by atoms with E-state index in [1.165, 1.54) is 6.07 Å². The summed E-state index contributed by atoms with van der Waals surface area (Å²) in [4.78, 5) is 27.8. The van der Waals surface area contributed by atoms with Gasteiger partial charge < -0.3 is 0 Å². The zero-order valence-electron chi connectivity index (χ0n) is 13.4. The first-order chi connectivity index (χ1) is 11.0. The predicted molar refractivity (Wildman–Crippen MR) is 88.6 cm³/mol. The van der Waals surface area contributed by atoms with Crippen molar-refractivity contribution in [3.63, 3.8) is 0 Å². The number of ketones is 1. The number of non-ortho nitro benzene ring substituents is 1. The number of carbonyl (C=O) groups is 1. The third kappa shape index (κ3) is 2.96. The van der Waals surface area contributed by atoms with Crippen molar-refractivity contribution in [2.24, 2.45) is 10.9 Å². The second kappa shape index (κ2) is 6.07. The quantitative estimate of drug-likeness (QED) is 0.620. The molecule has 0 saturated carbocycles. The highest BCUT2D eigenvalue weighted by atomic mass is 16.6. The zero-order chi connectivity index (χ0) is 16.6. The highest BCUT2D eigenvalue weighted by Crippen LogP contribution is 2.41. The molecule has 120 valence electrons. The first kappa shape index (κ1) is 15.6. The van der Waals surface area contributed by atoms with Gasteiger partial charge in [0.25, 0.3) is 5.69 Å². The number of nitro benzene ring substituents is 1. The Hall–Kier alpha value is -2.30. The summed E-state index contributed by atoms with van der Waals surface area (Å²) in [6.45, 7) is 4.19. The van der Waals surface area contributed by atoms with Crippen LogP contribution >= 0.6 is 0 Å². The molecular formula is C18H20N2O3. The highest BCUT2D eigenvalue weighted by Gasteiger charge is 2.34. The topological polar surface area (TPSA) is 72.6 Å². The lowest BCUT2D eigenvalue weighted by Gasteiger charge is -2.31. The van der Waals surface area contributed by atoms with Crippen LogP contribution < -0.4 is 0 Å². The van der Waals surface area contributed by atoms with Gasteiger partial charge in [-0.2, -0.15) is 0 Å². The number of Topliss-reactive ketones (excluding diaryl/α,β-unsaturated/α-hetero) is 1. The monoisotopic (exact) mass is 312 g/mol. The largest absolute Gasteiger partial charge is 0.294 e. The fourth-order valence-electron chi connectivity index (χ4n) is 3.39. The van der Waals surface area contributed by atoms with Gasteiger partial charge in [-0.15, -0.1) is 0 Å². The molecule has 2 aliphatic rings. The molecule has 1 aliphatic carbocycles. The van der Waals surface area contributed by atoms with E-state index < -0.39 is 0 Å². The smallest absolute Gasteiger partial charge is 0.269 e. The van der Waals surface area contributed by atoms with Gasteiger partial charge in [0.2, 0.25) is 0 Å². The molecule has 3 rings (SSSR count). The molecule has 0 fully saturated rings. The third-order valence-electron chi connectivity index (χ3n) is 4.62. The van der Waals surface area contributed by atoms with Crippen molar-refractivity contribution in [1.82, 2.24) is 0 Å². The fourth-order valence-corrected chi connectivity index (χ4v) is 3.39. The third-order valence-corrected chi connectivity index (χ3v) is 4.62. The maximum Gasteiger partial charge on any atom is 0.269 e. The molecule has 0 radical (unpaired) electrons. The van der Waals surface area contributed by atoms with Crippen LogP contribution in [0.5, 0.6) is 0 Å². The van der Waals surface area contributed by atoms with Crippen molar-refractivity contribution < 1.29 is 9.72 Å². The van der Waals surface area contributed by atoms with Crippen LogP contribution in [0.4, 0.5) is 5.69 Å². The Bertz CT molecular complexity index is 732. The zero-order valence-corrected chi connectivity index (χ0v) is 13.4. The SMILES string of the molecule is CC(C)C1=NC2=C(C(=O)CCC2)C(c2cccc([N+](=O)[O-])c2)C1. The Labute approximate surface area is 135 Å². The van der Waals surface area contributed by atoms with Gasteiger partial charge in [0.15, 0.2) is 5.78 Å². The minimum Gasteiger partial charge on any atom is -0.294 e. The maximum atomic E-state index is 12.4. The molecule has 0 spiro atoms. The summed E-state index contributed by atoms with van der Waals surface area (Å²) < 4.78 is 0. The maximum absolute atomic E-state index is 12.4. The Balaban J connectivity index is 2.09. The van der Waals surface area contributed by atoms with E-state index in [0.29, 0.717) is 18.8 Å². The first-order valence-corrected chi connectivity index (χ1v) is 8.05. The molecule has 1 unspecified atom stereocenters. The lowest BCUT2D eigenvalue weighted by Crippen LogP contribution is -2.26. The van der Waals surface area contributed by atoms with E-state index in [0.717, 1.165) is 35.4 Å². The summed E-state index contributed by atoms with van der Waals surface area (Å²) in [5, 5.41) is 11.1. The summed E-state index contributed by atoms with van der Waals surface area (Å²) in [7, 11) is 0. The second-order valence-corrected chi connectivity index (χ2v) is 6.50. The van der Waals surface area contributed by atoms with E-state index >= 15 is 0 Å². The highest BCUT2D eigenvalue weighted by molar-refractivity contribution is 6.02. The molecule has 1 heterocycles. The number of rotatable bonds is 3. The average Bonchev–Trinajstić information content (AvgIpc) is 2.54. The van der Waals surface area contributed by atoms with Gasteiger partial charge in [0, 0.05) is 41.5 Å². The van der Waals surface area contributed by atoms with E-state index in [1.54, 1.807) is 12.1 Å². The molecule has 5 heteroatoms. The molecule has 1 aliphatic heterocycles. The number of nitro groups is 1. The number of hydrogen-bond donors (Lipinski definition) is 0. The number of benzene rings is 1. The summed E-state index contributed by atoms with van der Waals surface area (Å²) in [5.41, 5.74) is 3.67. The van der Waals surface area contributed by atoms with Gasteiger partial charge in [-0.25, -0.2) is 0 Å². The fraction of sp³-hybridized carbons (Fsp3) is 0.444. The van der Waals surface area contributed by atoms with Gasteiger partial charge in [-0.3, -0.25) is 19.9 Å². The minimum atomic E-state index is -0.387. The van der Waals surface area contributed by atoms with Gasteiger partial charge in [-0.1, -0.05) is 26.0 Å². The molecule has 0 aromatic heterocycles. The summed E-state index contributed by atoms with van der Waals surface area (Å²) >= 11 is 0. The van der Waals surface area contributed by atoms with Crippen molar-refractivity contribution >= 4 is 17.2 Å². The Kier molecular flexibility index (Phi) is 4.11. The number of carbonyl (C=O) groups excluding carboxylic acids is 1. The van der Waals surface area contributed by atoms with Crippen LogP contribution in [0, 0.1) is 16.0 Å². The molecule has 1 atom stereocenters. The van der Waals surface area contributed by atoms with Crippen molar-refractivity contribution in [2.75, 3.05) is 0 Å². The molecule has 0 bridgehead atoms. The van der Waals surface area contributed by atoms with E-state index in [4.69, 9.17) is 4.99 Å². The van der Waals surface area contributed by atoms with Crippen molar-refractivity contribution in [3.8, 4) is 0 Å². The second-order valence-electron chi connectivity index (χ2n) is 6.50. The van der Waals surface area contributed by atoms with Gasteiger partial charge in [-0.05, 0) is 30.7 Å². The Morgan fingerprint density at radius 1 is 1.30 bits per heavy atom. The van der Waals surface area contributed by atoms with Crippen molar-refractivity contribution in [2.45, 2.75) is 45.4 Å². The molecule has 1 aromatic carbocycles. The number of aliphatic imine (C=N–C) groups is 1. The van der Waals surface area contributed by atoms with E-state index in [1.807, 2.05) is 6.07 Å². The van der Waals surface area contributed by atoms with Gasteiger partial charge >= 0.3 is 0 Å². The molecule has 5 nitrogen and oxygen atoms in total. The van der Waals surface area contributed by atoms with Gasteiger partial charge in [0.05, 0.1) is 4.92 Å². The van der Waals surface area contributed by atoms with Crippen LogP contribution in [0.1, 0.15) is 51.0 Å². The minimum absolute atomic E-state index is 0.0708.